The van der Waals surface area contributed by atoms with Crippen LogP contribution in [-0.4, -0.2) is 25.4 Å². The first-order valence-electron chi connectivity index (χ1n) is 4.48. The average Bonchev–Trinajstić information content (AvgIpc) is 2.20. The van der Waals surface area contributed by atoms with Crippen LogP contribution < -0.4 is 15.2 Å². The van der Waals surface area contributed by atoms with E-state index in [9.17, 15) is 5.11 Å². The molecule has 4 heteroatoms. The smallest absolute Gasteiger partial charge is 0.164 e. The number of nitrogens with two attached hydrogens (primary N) is 1. The normalized spacial score (nSPS) is 9.86. The Bertz CT molecular complexity index is 289. The molecule has 0 radical (unpaired) electrons. The number of hydrogen-bond acceptors (Lipinski definition) is 4. The van der Waals surface area contributed by atoms with Gasteiger partial charge in [-0.3, -0.25) is 0 Å². The number of benzene rings is 1. The van der Waals surface area contributed by atoms with Gasteiger partial charge in [-0.2, -0.15) is 0 Å². The minimum absolute atomic E-state index is 0.160. The quantitative estimate of drug-likeness (QED) is 0.694. The van der Waals surface area contributed by atoms with E-state index in [1.807, 2.05) is 0 Å². The van der Waals surface area contributed by atoms with Crippen LogP contribution in [0.5, 0.6) is 17.2 Å². The topological polar surface area (TPSA) is 64.7 Å². The van der Waals surface area contributed by atoms with Crippen LogP contribution in [0, 0.1) is 0 Å². The predicted octanol–water partition coefficient (Wildman–Crippen LogP) is 1.13. The number of hydrogen-bond donors (Lipinski definition) is 2. The van der Waals surface area contributed by atoms with Gasteiger partial charge in [0.05, 0.1) is 13.7 Å². The Labute approximate surface area is 83.3 Å². The van der Waals surface area contributed by atoms with Crippen LogP contribution in [0.4, 0.5) is 0 Å². The second-order valence-electron chi connectivity index (χ2n) is 2.83. The number of phenolic OH excluding ortho intramolecular Hbond substituents is 1. The third-order valence-corrected chi connectivity index (χ3v) is 1.75. The highest BCUT2D eigenvalue weighted by atomic mass is 16.5. The van der Waals surface area contributed by atoms with Gasteiger partial charge in [0, 0.05) is 6.07 Å². The molecule has 0 fully saturated rings. The van der Waals surface area contributed by atoms with Gasteiger partial charge in [0.1, 0.15) is 5.75 Å². The molecule has 4 nitrogen and oxygen atoms in total. The zero-order valence-corrected chi connectivity index (χ0v) is 8.19. The van der Waals surface area contributed by atoms with E-state index < -0.39 is 0 Å². The summed E-state index contributed by atoms with van der Waals surface area (Å²) in [6.45, 7) is 1.15. The molecular formula is C10H15NO3. The van der Waals surface area contributed by atoms with Crippen molar-refractivity contribution < 1.29 is 14.6 Å². The molecule has 78 valence electrons. The SMILES string of the molecule is COc1cc(O)ccc1OCCCN. The summed E-state index contributed by atoms with van der Waals surface area (Å²) in [7, 11) is 1.53. The van der Waals surface area contributed by atoms with Crippen molar-refractivity contribution in [2.24, 2.45) is 5.73 Å². The van der Waals surface area contributed by atoms with Crippen molar-refractivity contribution in [3.63, 3.8) is 0 Å². The van der Waals surface area contributed by atoms with Crippen molar-refractivity contribution in [2.45, 2.75) is 6.42 Å². The lowest BCUT2D eigenvalue weighted by Crippen LogP contribution is -2.06. The van der Waals surface area contributed by atoms with Crippen molar-refractivity contribution in [3.05, 3.63) is 18.2 Å². The Morgan fingerprint density at radius 2 is 2.14 bits per heavy atom. The average molecular weight is 197 g/mol. The van der Waals surface area contributed by atoms with Crippen molar-refractivity contribution >= 4 is 0 Å². The van der Waals surface area contributed by atoms with Gasteiger partial charge in [0.25, 0.3) is 0 Å². The van der Waals surface area contributed by atoms with Gasteiger partial charge in [-0.1, -0.05) is 0 Å². The minimum Gasteiger partial charge on any atom is -0.508 e. The standard InChI is InChI=1S/C10H15NO3/c1-13-10-7-8(12)3-4-9(10)14-6-2-5-11/h3-4,7,12H,2,5-6,11H2,1H3. The van der Waals surface area contributed by atoms with Crippen molar-refractivity contribution in [3.8, 4) is 17.2 Å². The predicted molar refractivity (Wildman–Crippen MR) is 53.8 cm³/mol. The Morgan fingerprint density at radius 1 is 1.36 bits per heavy atom. The van der Waals surface area contributed by atoms with E-state index in [2.05, 4.69) is 0 Å². The van der Waals surface area contributed by atoms with Gasteiger partial charge in [0.2, 0.25) is 0 Å². The molecule has 14 heavy (non-hydrogen) atoms. The summed E-state index contributed by atoms with van der Waals surface area (Å²) in [5.74, 6) is 1.31. The number of aromatic hydroxyl groups is 1. The zero-order valence-electron chi connectivity index (χ0n) is 8.19. The number of phenols is 1. The first-order valence-corrected chi connectivity index (χ1v) is 4.48. The second-order valence-corrected chi connectivity index (χ2v) is 2.83. The molecule has 1 aromatic rings. The molecule has 0 spiro atoms. The first-order chi connectivity index (χ1) is 6.77. The minimum atomic E-state index is 0.160. The fraction of sp³-hybridized carbons (Fsp3) is 0.400. The number of methoxy groups -OCH3 is 1. The largest absolute Gasteiger partial charge is 0.508 e. The molecule has 0 aliphatic heterocycles. The second kappa shape index (κ2) is 5.34. The van der Waals surface area contributed by atoms with Crippen LogP contribution in [0.3, 0.4) is 0 Å². The highest BCUT2D eigenvalue weighted by Crippen LogP contribution is 2.30. The Morgan fingerprint density at radius 3 is 2.79 bits per heavy atom. The molecule has 0 aromatic heterocycles. The van der Waals surface area contributed by atoms with Crippen molar-refractivity contribution in [2.75, 3.05) is 20.3 Å². The van der Waals surface area contributed by atoms with Gasteiger partial charge >= 0.3 is 0 Å². The molecule has 0 bridgehead atoms. The summed E-state index contributed by atoms with van der Waals surface area (Å²) in [4.78, 5) is 0. The monoisotopic (exact) mass is 197 g/mol. The van der Waals surface area contributed by atoms with E-state index in [1.165, 1.54) is 13.2 Å². The van der Waals surface area contributed by atoms with Crippen LogP contribution in [-0.2, 0) is 0 Å². The van der Waals surface area contributed by atoms with Crippen LogP contribution >= 0.6 is 0 Å². The highest BCUT2D eigenvalue weighted by Gasteiger charge is 2.04. The van der Waals surface area contributed by atoms with E-state index in [0.29, 0.717) is 24.7 Å². The highest BCUT2D eigenvalue weighted by molar-refractivity contribution is 5.44. The molecule has 0 amide bonds. The number of rotatable bonds is 5. The van der Waals surface area contributed by atoms with E-state index >= 15 is 0 Å². The molecule has 0 aliphatic carbocycles. The summed E-state index contributed by atoms with van der Waals surface area (Å²) in [6.07, 6.45) is 0.796. The van der Waals surface area contributed by atoms with E-state index in [0.717, 1.165) is 6.42 Å². The first kappa shape index (κ1) is 10.7. The lowest BCUT2D eigenvalue weighted by atomic mass is 10.3. The molecule has 0 atom stereocenters. The fourth-order valence-corrected chi connectivity index (χ4v) is 1.04. The summed E-state index contributed by atoms with van der Waals surface area (Å²) >= 11 is 0. The maximum atomic E-state index is 9.18. The Balaban J connectivity index is 2.65. The molecule has 0 saturated carbocycles. The molecule has 3 N–H and O–H groups in total. The summed E-state index contributed by atoms with van der Waals surface area (Å²) in [6, 6.07) is 4.74. The van der Waals surface area contributed by atoms with Crippen molar-refractivity contribution in [1.29, 1.82) is 0 Å². The summed E-state index contributed by atoms with van der Waals surface area (Å²) in [5.41, 5.74) is 5.34. The van der Waals surface area contributed by atoms with Gasteiger partial charge in [-0.05, 0) is 25.1 Å². The molecule has 1 aromatic carbocycles. The van der Waals surface area contributed by atoms with Gasteiger partial charge < -0.3 is 20.3 Å². The molecule has 0 unspecified atom stereocenters. The maximum absolute atomic E-state index is 9.18. The van der Waals surface area contributed by atoms with Crippen molar-refractivity contribution in [1.82, 2.24) is 0 Å². The van der Waals surface area contributed by atoms with Crippen LogP contribution in [0.2, 0.25) is 0 Å². The van der Waals surface area contributed by atoms with Gasteiger partial charge in [-0.15, -0.1) is 0 Å². The van der Waals surface area contributed by atoms with Crippen LogP contribution in [0.25, 0.3) is 0 Å². The third-order valence-electron chi connectivity index (χ3n) is 1.75. The molecule has 0 aliphatic rings. The lowest BCUT2D eigenvalue weighted by molar-refractivity contribution is 0.290. The van der Waals surface area contributed by atoms with Crippen LogP contribution in [0.1, 0.15) is 6.42 Å². The zero-order chi connectivity index (χ0) is 10.4. The van der Waals surface area contributed by atoms with Gasteiger partial charge in [-0.25, -0.2) is 0 Å². The maximum Gasteiger partial charge on any atom is 0.164 e. The van der Waals surface area contributed by atoms with Crippen LogP contribution in [0.15, 0.2) is 18.2 Å². The fourth-order valence-electron chi connectivity index (χ4n) is 1.04. The Kier molecular flexibility index (Phi) is 4.07. The molecule has 0 heterocycles. The van der Waals surface area contributed by atoms with Gasteiger partial charge in [0.15, 0.2) is 11.5 Å². The molecule has 1 rings (SSSR count). The molecular weight excluding hydrogens is 182 g/mol. The lowest BCUT2D eigenvalue weighted by Gasteiger charge is -2.10. The Hall–Kier alpha value is -1.42. The summed E-state index contributed by atoms with van der Waals surface area (Å²) in [5, 5.41) is 9.18. The number of ether oxygens (including phenoxy) is 2. The van der Waals surface area contributed by atoms with E-state index in [4.69, 9.17) is 15.2 Å². The third kappa shape index (κ3) is 2.81. The summed E-state index contributed by atoms with van der Waals surface area (Å²) < 4.78 is 10.4. The van der Waals surface area contributed by atoms with E-state index in [-0.39, 0.29) is 5.75 Å². The van der Waals surface area contributed by atoms with E-state index in [1.54, 1.807) is 12.1 Å². The molecule has 0 saturated heterocycles.